The molecule has 0 spiro atoms. The number of carbonyl (C=O) groups is 4. The number of rotatable bonds is 11. The Bertz CT molecular complexity index is 1250. The Hall–Kier alpha value is -3.17. The van der Waals surface area contributed by atoms with Crippen molar-refractivity contribution in [3.63, 3.8) is 0 Å². The second kappa shape index (κ2) is 14.8. The molecule has 2 aromatic carbocycles. The maximum atomic E-state index is 15.4. The van der Waals surface area contributed by atoms with Crippen LogP contribution in [0.5, 0.6) is 0 Å². The molecule has 0 bridgehead atoms. The molecule has 0 aliphatic heterocycles. The van der Waals surface area contributed by atoms with Crippen molar-refractivity contribution in [2.75, 3.05) is 24.4 Å². The van der Waals surface area contributed by atoms with E-state index in [9.17, 15) is 19.2 Å². The zero-order chi connectivity index (χ0) is 28.4. The van der Waals surface area contributed by atoms with Crippen molar-refractivity contribution >= 4 is 52.8 Å². The van der Waals surface area contributed by atoms with Crippen molar-refractivity contribution in [3.05, 3.63) is 70.0 Å². The topological polar surface area (TPSA) is 90.0 Å². The van der Waals surface area contributed by atoms with Gasteiger partial charge in [-0.2, -0.15) is 0 Å². The second-order valence-corrected chi connectivity index (χ2v) is 10.3. The minimum Gasteiger partial charge on any atom is -0.468 e. The summed E-state index contributed by atoms with van der Waals surface area (Å²) in [4.78, 5) is 53.4. The first-order valence-electron chi connectivity index (χ1n) is 12.8. The monoisotopic (exact) mass is 575 g/mol. The van der Waals surface area contributed by atoms with Crippen molar-refractivity contribution in [1.29, 1.82) is 0 Å². The lowest BCUT2D eigenvalue weighted by molar-refractivity contribution is -0.140. The number of halogens is 2. The molecular weight excluding hydrogens is 545 g/mol. The molecule has 0 radical (unpaired) electrons. The highest BCUT2D eigenvalue weighted by Gasteiger charge is 2.34. The van der Waals surface area contributed by atoms with E-state index in [1.54, 1.807) is 18.2 Å². The van der Waals surface area contributed by atoms with Crippen LogP contribution in [0.15, 0.2) is 58.5 Å². The first kappa shape index (κ1) is 30.4. The van der Waals surface area contributed by atoms with Gasteiger partial charge in [0.1, 0.15) is 5.82 Å². The highest BCUT2D eigenvalue weighted by Crippen LogP contribution is 2.36. The summed E-state index contributed by atoms with van der Waals surface area (Å²) in [6.07, 6.45) is 4.47. The lowest BCUT2D eigenvalue weighted by Gasteiger charge is -2.26. The molecule has 0 atom stereocenters. The van der Waals surface area contributed by atoms with E-state index >= 15 is 4.39 Å². The van der Waals surface area contributed by atoms with E-state index in [4.69, 9.17) is 16.3 Å². The molecule has 0 unspecified atom stereocenters. The van der Waals surface area contributed by atoms with E-state index in [0.717, 1.165) is 35.6 Å². The number of unbranched alkanes of at least 4 members (excludes halogenated alkanes) is 2. The predicted octanol–water partition coefficient (Wildman–Crippen LogP) is 6.52. The van der Waals surface area contributed by atoms with Crippen LogP contribution in [0.2, 0.25) is 5.02 Å². The summed E-state index contributed by atoms with van der Waals surface area (Å²) in [6.45, 7) is 2.27. The first-order chi connectivity index (χ1) is 18.8. The summed E-state index contributed by atoms with van der Waals surface area (Å²) in [5.74, 6) is -3.69. The maximum Gasteiger partial charge on any atom is 0.334 e. The maximum absolute atomic E-state index is 15.4. The van der Waals surface area contributed by atoms with Crippen LogP contribution >= 0.6 is 23.4 Å². The van der Waals surface area contributed by atoms with Gasteiger partial charge < -0.3 is 9.47 Å². The lowest BCUT2D eigenvalue weighted by atomic mass is 9.90. The van der Waals surface area contributed by atoms with E-state index in [1.165, 1.54) is 25.3 Å². The van der Waals surface area contributed by atoms with Gasteiger partial charge in [0.2, 0.25) is 0 Å². The Balaban J connectivity index is 2.07. The first-order valence-corrected chi connectivity index (χ1v) is 14.2. The zero-order valence-electron chi connectivity index (χ0n) is 22.0. The number of anilines is 1. The molecule has 0 saturated heterocycles. The minimum absolute atomic E-state index is 0.0120. The highest BCUT2D eigenvalue weighted by atomic mass is 35.5. The second-order valence-electron chi connectivity index (χ2n) is 8.92. The number of hydrogen-bond acceptors (Lipinski definition) is 7. The van der Waals surface area contributed by atoms with Crippen molar-refractivity contribution < 1.29 is 33.0 Å². The molecule has 208 valence electrons. The quantitative estimate of drug-likeness (QED) is 0.130. The molecule has 0 N–H and O–H groups in total. The van der Waals surface area contributed by atoms with E-state index in [-0.39, 0.29) is 51.1 Å². The zero-order valence-corrected chi connectivity index (χ0v) is 23.5. The van der Waals surface area contributed by atoms with Crippen LogP contribution < -0.4 is 4.90 Å². The number of methoxy groups -OCH3 is 1. The third kappa shape index (κ3) is 7.92. The summed E-state index contributed by atoms with van der Waals surface area (Å²) in [6, 6.07) is 10.3. The summed E-state index contributed by atoms with van der Waals surface area (Å²) >= 11 is 7.21. The van der Waals surface area contributed by atoms with E-state index in [1.807, 2.05) is 6.92 Å². The largest absolute Gasteiger partial charge is 0.468 e. The normalized spacial score (nSPS) is 13.1. The highest BCUT2D eigenvalue weighted by molar-refractivity contribution is 8.00. The molecule has 2 amide bonds. The number of amides is 2. The van der Waals surface area contributed by atoms with Gasteiger partial charge in [0.25, 0.3) is 11.8 Å². The molecular formula is C29H31ClFNO6S. The van der Waals surface area contributed by atoms with E-state index in [0.29, 0.717) is 25.7 Å². The van der Waals surface area contributed by atoms with Gasteiger partial charge in [0, 0.05) is 21.6 Å². The average molecular weight is 576 g/mol. The van der Waals surface area contributed by atoms with Gasteiger partial charge in [-0.05, 0) is 56.4 Å². The Labute approximate surface area is 236 Å². The average Bonchev–Trinajstić information content (AvgIpc) is 2.95. The van der Waals surface area contributed by atoms with Crippen molar-refractivity contribution in [2.45, 2.75) is 56.8 Å². The molecule has 3 rings (SSSR count). The van der Waals surface area contributed by atoms with Crippen LogP contribution in [-0.2, 0) is 23.9 Å². The van der Waals surface area contributed by atoms with Crippen LogP contribution in [0.25, 0.3) is 0 Å². The summed E-state index contributed by atoms with van der Waals surface area (Å²) in [5.41, 5.74) is 0.163. The van der Waals surface area contributed by atoms with Crippen molar-refractivity contribution in [1.82, 2.24) is 0 Å². The minimum atomic E-state index is -0.903. The third-order valence-corrected chi connectivity index (χ3v) is 7.65. The number of carbonyl (C=O) groups excluding carboxylic acids is 4. The van der Waals surface area contributed by atoms with Crippen LogP contribution in [0, 0.1) is 5.82 Å². The van der Waals surface area contributed by atoms with Crippen LogP contribution in [0.1, 0.15) is 62.2 Å². The Kier molecular flexibility index (Phi) is 11.6. The standard InChI is InChI=1S/C29H31ClFNO6S/c1-3-4-10-15-38-29(36)21-14-9-8-13-20(21)28(35)32(27(34)19-11-6-5-7-12-19)24-17-25(22(30)16-23(24)31)39-18-26(33)37-2/h5-7,11-12,16-17H,3-4,8-10,13-15,18H2,1-2H3. The fraction of sp³-hybridized carbons (Fsp3) is 0.379. The Morgan fingerprint density at radius 3 is 2.36 bits per heavy atom. The SMILES string of the molecule is CCCCCOC(=O)C1=C(C(=O)N(C(=O)c2ccccc2)c2cc(SCC(=O)OC)c(Cl)cc2F)CCCC1. The van der Waals surface area contributed by atoms with Gasteiger partial charge in [0.05, 0.1) is 30.2 Å². The molecule has 39 heavy (non-hydrogen) atoms. The fourth-order valence-corrected chi connectivity index (χ4v) is 5.22. The number of ether oxygens (including phenoxy) is 2. The van der Waals surface area contributed by atoms with Crippen molar-refractivity contribution in [3.8, 4) is 0 Å². The summed E-state index contributed by atoms with van der Waals surface area (Å²) in [7, 11) is 1.24. The lowest BCUT2D eigenvalue weighted by Crippen LogP contribution is -2.40. The number of hydrogen-bond donors (Lipinski definition) is 0. The Morgan fingerprint density at radius 2 is 1.69 bits per heavy atom. The molecule has 0 saturated carbocycles. The van der Waals surface area contributed by atoms with Crippen LogP contribution in [0.4, 0.5) is 10.1 Å². The molecule has 0 heterocycles. The summed E-state index contributed by atoms with van der Waals surface area (Å²) in [5, 5.41) is 0.0120. The molecule has 1 aliphatic rings. The van der Waals surface area contributed by atoms with Gasteiger partial charge in [0.15, 0.2) is 0 Å². The number of thioether (sulfide) groups is 1. The Morgan fingerprint density at radius 1 is 1.00 bits per heavy atom. The number of imide groups is 1. The number of esters is 2. The molecule has 0 aromatic heterocycles. The predicted molar refractivity (Wildman–Crippen MR) is 148 cm³/mol. The van der Waals surface area contributed by atoms with Gasteiger partial charge in [-0.25, -0.2) is 14.1 Å². The molecule has 1 aliphatic carbocycles. The van der Waals surface area contributed by atoms with E-state index in [2.05, 4.69) is 4.74 Å². The smallest absolute Gasteiger partial charge is 0.334 e. The summed E-state index contributed by atoms with van der Waals surface area (Å²) < 4.78 is 25.5. The molecule has 10 heteroatoms. The van der Waals surface area contributed by atoms with Gasteiger partial charge in [-0.1, -0.05) is 49.6 Å². The molecule has 2 aromatic rings. The third-order valence-electron chi connectivity index (χ3n) is 6.20. The van der Waals surface area contributed by atoms with Gasteiger partial charge >= 0.3 is 11.9 Å². The van der Waals surface area contributed by atoms with Gasteiger partial charge in [-0.15, -0.1) is 11.8 Å². The van der Waals surface area contributed by atoms with Gasteiger partial charge in [-0.3, -0.25) is 14.4 Å². The number of nitrogens with zero attached hydrogens (tertiary/aromatic N) is 1. The van der Waals surface area contributed by atoms with Crippen LogP contribution in [-0.4, -0.2) is 43.2 Å². The van der Waals surface area contributed by atoms with E-state index < -0.39 is 29.6 Å². The van der Waals surface area contributed by atoms with Crippen molar-refractivity contribution in [2.24, 2.45) is 0 Å². The number of benzene rings is 2. The van der Waals surface area contributed by atoms with Crippen LogP contribution in [0.3, 0.4) is 0 Å². The fourth-order valence-electron chi connectivity index (χ4n) is 4.12. The molecule has 0 fully saturated rings. The molecule has 7 nitrogen and oxygen atoms in total.